The van der Waals surface area contributed by atoms with Crippen LogP contribution in [0.25, 0.3) is 11.1 Å². The number of nitrogens with zero attached hydrogens (tertiary/aromatic N) is 1. The number of allylic oxidation sites excluding steroid dienone is 1. The lowest BCUT2D eigenvalue weighted by Gasteiger charge is -2.31. The maximum atomic E-state index is 10.2. The summed E-state index contributed by atoms with van der Waals surface area (Å²) in [5, 5.41) is 20.2. The second-order valence-corrected chi connectivity index (χ2v) is 10.9. The van der Waals surface area contributed by atoms with Crippen molar-refractivity contribution < 1.29 is 19.7 Å². The minimum Gasteiger partial charge on any atom is -0.508 e. The molecule has 2 aliphatic heterocycles. The summed E-state index contributed by atoms with van der Waals surface area (Å²) in [7, 11) is 0. The van der Waals surface area contributed by atoms with Crippen LogP contribution in [0.4, 0.5) is 0 Å². The standard InChI is InChI=1S/C31H35NO4/c1-20(32-15-14-31(3,4)19-32)18-35-26-11-8-22(9-12-26)30-29(23-6-5-7-24(33)16-23)21(2)27-17-25(34)10-13-28(27)36-30/h5-13,16-17,20,30,33-34H,14-15,18-19H2,1-4H3. The van der Waals surface area contributed by atoms with Crippen LogP contribution in [0, 0.1) is 5.41 Å². The molecule has 2 unspecified atom stereocenters. The number of aromatic hydroxyl groups is 2. The SMILES string of the molecule is CC1=C(c2cccc(O)c2)C(c2ccc(OCC(C)N3CCC(C)(C)C3)cc2)Oc2ccc(O)cc21. The van der Waals surface area contributed by atoms with Gasteiger partial charge in [-0.3, -0.25) is 4.90 Å². The van der Waals surface area contributed by atoms with Gasteiger partial charge in [-0.05, 0) is 91.4 Å². The minimum atomic E-state index is -0.358. The normalized spacial score (nSPS) is 20.1. The second kappa shape index (κ2) is 9.55. The van der Waals surface area contributed by atoms with Gasteiger partial charge in [0.25, 0.3) is 0 Å². The van der Waals surface area contributed by atoms with E-state index in [1.165, 1.54) is 6.42 Å². The Kier molecular flexibility index (Phi) is 6.44. The Balaban J connectivity index is 1.39. The Morgan fingerprint density at radius 2 is 1.78 bits per heavy atom. The third kappa shape index (κ3) is 4.93. The van der Waals surface area contributed by atoms with Crippen LogP contribution in [-0.4, -0.2) is 40.9 Å². The first-order valence-corrected chi connectivity index (χ1v) is 12.7. The van der Waals surface area contributed by atoms with Crippen LogP contribution < -0.4 is 9.47 Å². The average Bonchev–Trinajstić information content (AvgIpc) is 3.23. The van der Waals surface area contributed by atoms with Crippen LogP contribution in [0.3, 0.4) is 0 Å². The van der Waals surface area contributed by atoms with Gasteiger partial charge in [-0.2, -0.15) is 0 Å². The van der Waals surface area contributed by atoms with Crippen LogP contribution >= 0.6 is 0 Å². The summed E-state index contributed by atoms with van der Waals surface area (Å²) in [6, 6.07) is 20.9. The average molecular weight is 486 g/mol. The number of ether oxygens (including phenoxy) is 2. The monoisotopic (exact) mass is 485 g/mol. The zero-order chi connectivity index (χ0) is 25.4. The lowest BCUT2D eigenvalue weighted by atomic mass is 9.86. The van der Waals surface area contributed by atoms with Crippen LogP contribution in [0.2, 0.25) is 0 Å². The van der Waals surface area contributed by atoms with E-state index in [0.29, 0.717) is 18.1 Å². The van der Waals surface area contributed by atoms with Gasteiger partial charge in [0.1, 0.15) is 35.7 Å². The topological polar surface area (TPSA) is 62.2 Å². The molecule has 3 aromatic carbocycles. The Hall–Kier alpha value is -3.44. The summed E-state index contributed by atoms with van der Waals surface area (Å²) < 4.78 is 12.6. The number of fused-ring (bicyclic) bond motifs is 1. The van der Waals surface area contributed by atoms with Gasteiger partial charge in [-0.15, -0.1) is 0 Å². The maximum absolute atomic E-state index is 10.2. The van der Waals surface area contributed by atoms with Crippen LogP contribution in [0.15, 0.2) is 66.7 Å². The van der Waals surface area contributed by atoms with Crippen molar-refractivity contribution in [3.63, 3.8) is 0 Å². The van der Waals surface area contributed by atoms with Gasteiger partial charge < -0.3 is 19.7 Å². The first-order chi connectivity index (χ1) is 17.2. The Morgan fingerprint density at radius 3 is 2.47 bits per heavy atom. The molecule has 0 saturated carbocycles. The molecule has 0 aliphatic carbocycles. The molecule has 0 amide bonds. The van der Waals surface area contributed by atoms with E-state index in [-0.39, 0.29) is 17.6 Å². The van der Waals surface area contributed by atoms with Gasteiger partial charge in [-0.25, -0.2) is 0 Å². The predicted octanol–water partition coefficient (Wildman–Crippen LogP) is 6.66. The molecule has 0 bridgehead atoms. The van der Waals surface area contributed by atoms with E-state index in [9.17, 15) is 10.2 Å². The van der Waals surface area contributed by atoms with E-state index in [4.69, 9.17) is 9.47 Å². The fraction of sp³-hybridized carbons (Fsp3) is 0.355. The molecule has 2 aliphatic rings. The molecule has 1 saturated heterocycles. The van der Waals surface area contributed by atoms with Gasteiger partial charge in [0.2, 0.25) is 0 Å². The molecule has 5 nitrogen and oxygen atoms in total. The Labute approximate surface area is 213 Å². The number of rotatable bonds is 6. The molecule has 5 heteroatoms. The van der Waals surface area contributed by atoms with Crippen molar-refractivity contribution in [2.24, 2.45) is 5.41 Å². The lowest BCUT2D eigenvalue weighted by molar-refractivity contribution is 0.160. The van der Waals surface area contributed by atoms with E-state index < -0.39 is 0 Å². The highest BCUT2D eigenvalue weighted by atomic mass is 16.5. The van der Waals surface area contributed by atoms with E-state index in [2.05, 4.69) is 25.7 Å². The van der Waals surface area contributed by atoms with E-state index in [1.54, 1.807) is 30.3 Å². The highest BCUT2D eigenvalue weighted by Gasteiger charge is 2.32. The van der Waals surface area contributed by atoms with Gasteiger partial charge >= 0.3 is 0 Å². The highest BCUT2D eigenvalue weighted by molar-refractivity contribution is 5.95. The Morgan fingerprint density at radius 1 is 1.03 bits per heavy atom. The second-order valence-electron chi connectivity index (χ2n) is 10.9. The van der Waals surface area contributed by atoms with Gasteiger partial charge in [0.15, 0.2) is 0 Å². The molecule has 1 fully saturated rings. The highest BCUT2D eigenvalue weighted by Crippen LogP contribution is 2.47. The van der Waals surface area contributed by atoms with Crippen molar-refractivity contribution in [3.8, 4) is 23.0 Å². The molecular formula is C31H35NO4. The van der Waals surface area contributed by atoms with Crippen LogP contribution in [0.5, 0.6) is 23.0 Å². The predicted molar refractivity (Wildman–Crippen MR) is 143 cm³/mol. The minimum absolute atomic E-state index is 0.193. The van der Waals surface area contributed by atoms with Crippen LogP contribution in [-0.2, 0) is 0 Å². The molecule has 0 spiro atoms. The van der Waals surface area contributed by atoms with Gasteiger partial charge in [0, 0.05) is 23.7 Å². The van der Waals surface area contributed by atoms with Crippen molar-refractivity contribution >= 4 is 11.1 Å². The summed E-state index contributed by atoms with van der Waals surface area (Å²) in [4.78, 5) is 2.51. The smallest absolute Gasteiger partial charge is 0.150 e. The molecule has 2 N–H and O–H groups in total. The summed E-state index contributed by atoms with van der Waals surface area (Å²) in [5.41, 5.74) is 5.07. The molecule has 2 heterocycles. The fourth-order valence-corrected chi connectivity index (χ4v) is 5.31. The summed E-state index contributed by atoms with van der Waals surface area (Å²) in [6.45, 7) is 11.8. The molecule has 3 aromatic rings. The zero-order valence-electron chi connectivity index (χ0n) is 21.5. The van der Waals surface area contributed by atoms with Crippen LogP contribution in [0.1, 0.15) is 56.9 Å². The van der Waals surface area contributed by atoms with Crippen molar-refractivity contribution in [1.82, 2.24) is 4.90 Å². The number of phenolic OH excluding ortho intramolecular Hbond substituents is 2. The summed E-state index contributed by atoms with van der Waals surface area (Å²) in [5.74, 6) is 1.96. The van der Waals surface area contributed by atoms with Crippen molar-refractivity contribution in [2.45, 2.75) is 46.3 Å². The third-order valence-corrected chi connectivity index (χ3v) is 7.44. The molecule has 36 heavy (non-hydrogen) atoms. The first kappa shape index (κ1) is 24.3. The molecule has 2 atom stereocenters. The lowest BCUT2D eigenvalue weighted by Crippen LogP contribution is -2.36. The van der Waals surface area contributed by atoms with E-state index >= 15 is 0 Å². The summed E-state index contributed by atoms with van der Waals surface area (Å²) in [6.07, 6.45) is 0.869. The molecule has 0 aromatic heterocycles. The Bertz CT molecular complexity index is 1280. The summed E-state index contributed by atoms with van der Waals surface area (Å²) >= 11 is 0. The molecular weight excluding hydrogens is 450 g/mol. The van der Waals surface area contributed by atoms with Gasteiger partial charge in [0.05, 0.1) is 0 Å². The molecule has 5 rings (SSSR count). The first-order valence-electron chi connectivity index (χ1n) is 12.7. The molecule has 188 valence electrons. The van der Waals surface area contributed by atoms with Gasteiger partial charge in [-0.1, -0.05) is 38.1 Å². The fourth-order valence-electron chi connectivity index (χ4n) is 5.31. The number of hydrogen-bond acceptors (Lipinski definition) is 5. The molecule has 0 radical (unpaired) electrons. The maximum Gasteiger partial charge on any atom is 0.150 e. The van der Waals surface area contributed by atoms with Crippen molar-refractivity contribution in [3.05, 3.63) is 83.4 Å². The quantitative estimate of drug-likeness (QED) is 0.409. The largest absolute Gasteiger partial charge is 0.508 e. The van der Waals surface area contributed by atoms with Crippen molar-refractivity contribution in [2.75, 3.05) is 19.7 Å². The zero-order valence-corrected chi connectivity index (χ0v) is 21.5. The number of hydrogen-bond donors (Lipinski definition) is 2. The third-order valence-electron chi connectivity index (χ3n) is 7.44. The number of likely N-dealkylation sites (tertiary alicyclic amines) is 1. The van der Waals surface area contributed by atoms with E-state index in [1.807, 2.05) is 43.3 Å². The number of benzene rings is 3. The van der Waals surface area contributed by atoms with E-state index in [0.717, 1.165) is 52.4 Å². The number of phenols is 2. The van der Waals surface area contributed by atoms with Crippen molar-refractivity contribution in [1.29, 1.82) is 0 Å².